The van der Waals surface area contributed by atoms with Gasteiger partial charge in [-0.15, -0.1) is 17.9 Å². The third kappa shape index (κ3) is 7.91. The van der Waals surface area contributed by atoms with Gasteiger partial charge in [-0.25, -0.2) is 18.4 Å². The summed E-state index contributed by atoms with van der Waals surface area (Å²) < 4.78 is 39.7. The van der Waals surface area contributed by atoms with Gasteiger partial charge < -0.3 is 25.0 Å². The zero-order chi connectivity index (χ0) is 40.2. The van der Waals surface area contributed by atoms with Crippen LogP contribution in [-0.2, 0) is 24.4 Å². The molecule has 2 aliphatic carbocycles. The zero-order valence-electron chi connectivity index (χ0n) is 31.2. The van der Waals surface area contributed by atoms with Gasteiger partial charge >= 0.3 is 0 Å². The van der Waals surface area contributed by atoms with E-state index in [0.29, 0.717) is 50.2 Å². The summed E-state index contributed by atoms with van der Waals surface area (Å²) in [5.41, 5.74) is -0.838. The van der Waals surface area contributed by atoms with Gasteiger partial charge in [0, 0.05) is 44.1 Å². The maximum Gasteiger partial charge on any atom is 0.259 e. The lowest BCUT2D eigenvalue weighted by molar-refractivity contribution is -0.141. The van der Waals surface area contributed by atoms with Crippen LogP contribution in [0.15, 0.2) is 66.7 Å². The molecule has 2 aromatic carbocycles. The number of thiazole rings is 1. The van der Waals surface area contributed by atoms with E-state index in [1.807, 2.05) is 44.4 Å². The minimum absolute atomic E-state index is 0.0101. The second-order valence-corrected chi connectivity index (χ2v) is 19.1. The largest absolute Gasteiger partial charge is 0.494 e. The van der Waals surface area contributed by atoms with Gasteiger partial charge in [-0.2, -0.15) is 0 Å². The van der Waals surface area contributed by atoms with E-state index < -0.39 is 68.1 Å². The molecule has 3 N–H and O–H groups in total. The van der Waals surface area contributed by atoms with Crippen molar-refractivity contribution in [1.29, 1.82) is 0 Å². The number of hydrogen-bond acceptors (Lipinski definition) is 11. The Morgan fingerprint density at radius 3 is 2.54 bits per heavy atom. The molecule has 3 aliphatic rings. The SMILES string of the molecule is C=C[C@@H]1C[C@]1(NC(=O)[C@@H]1C[C@@H](Oc2ncc(OC)c3ccc(Cl)cc23)CN1C(=O)[C@@H](Nc1nc(-c2ccccc2Cl)cs1)C(C)(C)C)C(=O)NS(=O)(=O)C1CC1. The van der Waals surface area contributed by atoms with Crippen molar-refractivity contribution in [2.75, 3.05) is 19.0 Å². The standard InChI is InChI=1S/C39H42Cl2N6O7S2/c1-6-21-17-39(21,36(50)46-56(51,52)24-12-13-24)45-33(48)30-16-23(54-34-27-15-22(40)11-14-25(27)31(53-5)18-42-34)19-47(30)35(49)32(38(2,3)4)44-37-43-29(20-55-37)26-9-7-8-10-28(26)41/h6-11,14-15,18,20-21,23-24,30,32H,1,12-13,16-17,19H2,2-5H3,(H,43,44)(H,45,48)(H,46,50)/t21-,23-,30+,32-,39-/m1/s1. The van der Waals surface area contributed by atoms with Gasteiger partial charge in [0.25, 0.3) is 5.91 Å². The number of hydrogen-bond donors (Lipinski definition) is 3. The van der Waals surface area contributed by atoms with Crippen molar-refractivity contribution in [3.8, 4) is 22.9 Å². The normalized spacial score (nSPS) is 22.6. The van der Waals surface area contributed by atoms with E-state index in [-0.39, 0.29) is 25.3 Å². The fourth-order valence-corrected chi connectivity index (χ4v) is 9.55. The van der Waals surface area contributed by atoms with Crippen LogP contribution in [0.2, 0.25) is 10.0 Å². The molecule has 3 amide bonds. The van der Waals surface area contributed by atoms with Crippen LogP contribution in [0.1, 0.15) is 46.5 Å². The zero-order valence-corrected chi connectivity index (χ0v) is 34.3. The number of likely N-dealkylation sites (tertiary alicyclic amines) is 1. The quantitative estimate of drug-likeness (QED) is 0.132. The number of carbonyl (C=O) groups is 3. The summed E-state index contributed by atoms with van der Waals surface area (Å²) in [6.45, 7) is 9.50. The maximum atomic E-state index is 14.8. The molecule has 296 valence electrons. The number of sulfonamides is 1. The second-order valence-electron chi connectivity index (χ2n) is 15.4. The van der Waals surface area contributed by atoms with Gasteiger partial charge in [0.2, 0.25) is 27.7 Å². The first kappa shape index (κ1) is 39.8. The van der Waals surface area contributed by atoms with Gasteiger partial charge in [-0.1, -0.05) is 68.2 Å². The molecule has 0 radical (unpaired) electrons. The molecule has 56 heavy (non-hydrogen) atoms. The lowest BCUT2D eigenvalue weighted by atomic mass is 9.85. The first-order valence-electron chi connectivity index (χ1n) is 18.1. The molecule has 7 rings (SSSR count). The van der Waals surface area contributed by atoms with Gasteiger partial charge in [0.1, 0.15) is 29.5 Å². The van der Waals surface area contributed by atoms with Gasteiger partial charge in [0.05, 0.1) is 30.8 Å². The van der Waals surface area contributed by atoms with Crippen LogP contribution in [0.5, 0.6) is 11.6 Å². The van der Waals surface area contributed by atoms with E-state index in [1.54, 1.807) is 24.3 Å². The number of fused-ring (bicyclic) bond motifs is 1. The van der Waals surface area contributed by atoms with E-state index in [0.717, 1.165) is 5.56 Å². The van der Waals surface area contributed by atoms with E-state index in [1.165, 1.54) is 35.6 Å². The fraction of sp³-hybridized carbons (Fsp3) is 0.410. The number of ether oxygens (including phenoxy) is 2. The Kier molecular flexibility index (Phi) is 10.8. The van der Waals surface area contributed by atoms with Crippen LogP contribution in [0.25, 0.3) is 22.0 Å². The highest BCUT2D eigenvalue weighted by Gasteiger charge is 2.62. The summed E-state index contributed by atoms with van der Waals surface area (Å²) in [5.74, 6) is -1.64. The monoisotopic (exact) mass is 840 g/mol. The number of nitrogens with one attached hydrogen (secondary N) is 3. The van der Waals surface area contributed by atoms with Gasteiger partial charge in [-0.05, 0) is 48.9 Å². The molecule has 0 bridgehead atoms. The smallest absolute Gasteiger partial charge is 0.259 e. The lowest BCUT2D eigenvalue weighted by Gasteiger charge is -2.35. The third-order valence-corrected chi connectivity index (χ3v) is 13.6. The molecule has 17 heteroatoms. The summed E-state index contributed by atoms with van der Waals surface area (Å²) in [4.78, 5) is 53.5. The highest BCUT2D eigenvalue weighted by atomic mass is 35.5. The predicted molar refractivity (Wildman–Crippen MR) is 217 cm³/mol. The van der Waals surface area contributed by atoms with Crippen molar-refractivity contribution < 1.29 is 32.3 Å². The van der Waals surface area contributed by atoms with Gasteiger partial charge in [-0.3, -0.25) is 19.1 Å². The first-order chi connectivity index (χ1) is 26.5. The highest BCUT2D eigenvalue weighted by Crippen LogP contribution is 2.46. The number of halogens is 2. The number of benzene rings is 2. The maximum absolute atomic E-state index is 14.8. The van der Waals surface area contributed by atoms with Gasteiger partial charge in [0.15, 0.2) is 5.13 Å². The Hall–Kier alpha value is -4.44. The molecule has 3 heterocycles. The van der Waals surface area contributed by atoms with Crippen LogP contribution in [-0.4, -0.2) is 83.6 Å². The lowest BCUT2D eigenvalue weighted by Crippen LogP contribution is -2.58. The van der Waals surface area contributed by atoms with E-state index in [9.17, 15) is 22.8 Å². The van der Waals surface area contributed by atoms with Crippen LogP contribution in [0, 0.1) is 11.3 Å². The number of carbonyl (C=O) groups excluding carboxylic acids is 3. The number of aromatic nitrogens is 2. The molecule has 2 aromatic heterocycles. The highest BCUT2D eigenvalue weighted by molar-refractivity contribution is 7.91. The summed E-state index contributed by atoms with van der Waals surface area (Å²) in [6.07, 6.45) is 3.43. The number of methoxy groups -OCH3 is 1. The molecule has 2 saturated carbocycles. The molecule has 0 unspecified atom stereocenters. The van der Waals surface area contributed by atoms with Crippen molar-refractivity contribution in [3.05, 3.63) is 76.7 Å². The summed E-state index contributed by atoms with van der Waals surface area (Å²) in [7, 11) is -2.37. The average Bonchev–Trinajstić information content (AvgIpc) is 4.04. The Balaban J connectivity index is 1.19. The van der Waals surface area contributed by atoms with Crippen molar-refractivity contribution in [3.63, 3.8) is 0 Å². The molecular formula is C39H42Cl2N6O7S2. The van der Waals surface area contributed by atoms with Crippen LogP contribution < -0.4 is 24.8 Å². The van der Waals surface area contributed by atoms with Crippen molar-refractivity contribution >= 4 is 78.2 Å². The third-order valence-electron chi connectivity index (χ3n) is 10.4. The fourth-order valence-electron chi connectivity index (χ4n) is 7.04. The molecule has 3 fully saturated rings. The molecule has 13 nitrogen and oxygen atoms in total. The second kappa shape index (κ2) is 15.1. The van der Waals surface area contributed by atoms with Crippen molar-refractivity contribution in [1.82, 2.24) is 24.9 Å². The average molecular weight is 842 g/mol. The summed E-state index contributed by atoms with van der Waals surface area (Å²) in [5, 5.41) is 10.1. The van der Waals surface area contributed by atoms with E-state index >= 15 is 0 Å². The Morgan fingerprint density at radius 2 is 1.88 bits per heavy atom. The number of anilines is 1. The predicted octanol–water partition coefficient (Wildman–Crippen LogP) is 6.22. The molecule has 0 spiro atoms. The van der Waals surface area contributed by atoms with E-state index in [4.69, 9.17) is 37.7 Å². The minimum atomic E-state index is -3.90. The Morgan fingerprint density at radius 1 is 1.12 bits per heavy atom. The molecule has 5 atom stereocenters. The van der Waals surface area contributed by atoms with Crippen molar-refractivity contribution in [2.24, 2.45) is 11.3 Å². The minimum Gasteiger partial charge on any atom is -0.494 e. The van der Waals surface area contributed by atoms with Crippen LogP contribution in [0.4, 0.5) is 5.13 Å². The molecule has 1 aliphatic heterocycles. The Bertz CT molecular complexity index is 2330. The van der Waals surface area contributed by atoms with Crippen LogP contribution >= 0.6 is 34.5 Å². The number of amides is 3. The number of rotatable bonds is 13. The number of pyridine rings is 1. The molecular weight excluding hydrogens is 800 g/mol. The van der Waals surface area contributed by atoms with E-state index in [2.05, 4.69) is 26.9 Å². The summed E-state index contributed by atoms with van der Waals surface area (Å²) in [6, 6.07) is 10.6. The topological polar surface area (TPSA) is 169 Å². The molecule has 1 saturated heterocycles. The number of nitrogens with zero attached hydrogens (tertiary/aromatic N) is 3. The Labute approximate surface area is 339 Å². The van der Waals surface area contributed by atoms with Crippen LogP contribution in [0.3, 0.4) is 0 Å². The first-order valence-corrected chi connectivity index (χ1v) is 21.3. The molecule has 4 aromatic rings. The summed E-state index contributed by atoms with van der Waals surface area (Å²) >= 11 is 14.1. The van der Waals surface area contributed by atoms with Crippen molar-refractivity contribution in [2.45, 2.75) is 75.4 Å².